The molecule has 3 aromatic rings. The lowest BCUT2D eigenvalue weighted by Gasteiger charge is -2.26. The lowest BCUT2D eigenvalue weighted by Crippen LogP contribution is -2.35. The van der Waals surface area contributed by atoms with Gasteiger partial charge in [-0.3, -0.25) is 14.3 Å². The number of hydrogen-bond acceptors (Lipinski definition) is 4. The second kappa shape index (κ2) is 6.18. The van der Waals surface area contributed by atoms with Crippen molar-refractivity contribution in [2.75, 3.05) is 5.32 Å². The Balaban J connectivity index is 1.59. The van der Waals surface area contributed by atoms with Crippen molar-refractivity contribution >= 4 is 28.8 Å². The second-order valence-corrected chi connectivity index (χ2v) is 6.83. The van der Waals surface area contributed by atoms with Gasteiger partial charge < -0.3 is 10.6 Å². The van der Waals surface area contributed by atoms with Crippen molar-refractivity contribution in [3.05, 3.63) is 59.1 Å². The number of thiophene rings is 1. The first-order chi connectivity index (χ1) is 12.1. The van der Waals surface area contributed by atoms with E-state index < -0.39 is 0 Å². The van der Waals surface area contributed by atoms with E-state index in [4.69, 9.17) is 0 Å². The number of fused-ring (bicyclic) bond motifs is 1. The molecule has 2 N–H and O–H groups in total. The van der Waals surface area contributed by atoms with E-state index in [9.17, 15) is 9.59 Å². The van der Waals surface area contributed by atoms with E-state index in [1.54, 1.807) is 22.1 Å². The van der Waals surface area contributed by atoms with Crippen LogP contribution in [0.15, 0.2) is 47.8 Å². The van der Waals surface area contributed by atoms with Crippen molar-refractivity contribution < 1.29 is 9.59 Å². The van der Waals surface area contributed by atoms with Gasteiger partial charge in [0.1, 0.15) is 0 Å². The molecule has 0 radical (unpaired) electrons. The van der Waals surface area contributed by atoms with Crippen LogP contribution < -0.4 is 10.6 Å². The summed E-state index contributed by atoms with van der Waals surface area (Å²) in [6, 6.07) is 12.9. The highest BCUT2D eigenvalue weighted by atomic mass is 32.1. The predicted molar refractivity (Wildman–Crippen MR) is 96.4 cm³/mol. The standard InChI is InChI=1S/C18H16N4O2S/c1-22-15(16-7-4-8-25-16)9-14(21-22)18(24)20-13-10-17(23)19-12-6-3-2-5-11(12)13/h2-9,13H,10H2,1H3,(H,19,23)(H,20,24)/t13-/m0/s1. The van der Waals surface area contributed by atoms with Gasteiger partial charge in [-0.1, -0.05) is 24.3 Å². The van der Waals surface area contributed by atoms with Crippen molar-refractivity contribution in [1.29, 1.82) is 0 Å². The molecule has 25 heavy (non-hydrogen) atoms. The summed E-state index contributed by atoms with van der Waals surface area (Å²) in [4.78, 5) is 25.6. The summed E-state index contributed by atoms with van der Waals surface area (Å²) in [5.41, 5.74) is 2.88. The first kappa shape index (κ1) is 15.6. The van der Waals surface area contributed by atoms with Crippen LogP contribution in [0.5, 0.6) is 0 Å². The van der Waals surface area contributed by atoms with E-state index in [-0.39, 0.29) is 24.3 Å². The van der Waals surface area contributed by atoms with Crippen LogP contribution in [-0.2, 0) is 11.8 Å². The molecule has 2 amide bonds. The Hall–Kier alpha value is -2.93. The van der Waals surface area contributed by atoms with E-state index in [0.717, 1.165) is 21.8 Å². The molecule has 4 rings (SSSR count). The molecule has 0 aliphatic carbocycles. The Bertz CT molecular complexity index is 946. The SMILES string of the molecule is Cn1nc(C(=O)N[C@H]2CC(=O)Nc3ccccc32)cc1-c1cccs1. The Kier molecular flexibility index (Phi) is 3.85. The van der Waals surface area contributed by atoms with Crippen LogP contribution in [0.4, 0.5) is 5.69 Å². The highest BCUT2D eigenvalue weighted by Crippen LogP contribution is 2.30. The molecule has 1 atom stereocenters. The molecule has 126 valence electrons. The molecule has 0 saturated carbocycles. The van der Waals surface area contributed by atoms with Gasteiger partial charge >= 0.3 is 0 Å². The zero-order valence-electron chi connectivity index (χ0n) is 13.5. The lowest BCUT2D eigenvalue weighted by molar-refractivity contribution is -0.116. The number of para-hydroxylation sites is 1. The first-order valence-corrected chi connectivity index (χ1v) is 8.77. The van der Waals surface area contributed by atoms with Gasteiger partial charge in [0.05, 0.1) is 23.0 Å². The molecule has 0 bridgehead atoms. The molecule has 1 aliphatic rings. The number of carbonyl (C=O) groups is 2. The van der Waals surface area contributed by atoms with Crippen LogP contribution in [-0.4, -0.2) is 21.6 Å². The van der Waals surface area contributed by atoms with Crippen LogP contribution in [0.1, 0.15) is 28.5 Å². The zero-order chi connectivity index (χ0) is 17.4. The molecule has 0 fully saturated rings. The number of nitrogens with zero attached hydrogens (tertiary/aromatic N) is 2. The second-order valence-electron chi connectivity index (χ2n) is 5.88. The van der Waals surface area contributed by atoms with Gasteiger partial charge in [0.25, 0.3) is 5.91 Å². The van der Waals surface area contributed by atoms with Gasteiger partial charge in [-0.15, -0.1) is 11.3 Å². The van der Waals surface area contributed by atoms with Crippen LogP contribution >= 0.6 is 11.3 Å². The smallest absolute Gasteiger partial charge is 0.272 e. The zero-order valence-corrected chi connectivity index (χ0v) is 14.3. The molecular formula is C18H16N4O2S. The molecule has 2 aromatic heterocycles. The molecule has 1 aromatic carbocycles. The number of benzene rings is 1. The average Bonchev–Trinajstić information content (AvgIpc) is 3.24. The summed E-state index contributed by atoms with van der Waals surface area (Å²) >= 11 is 1.60. The maximum absolute atomic E-state index is 12.6. The van der Waals surface area contributed by atoms with E-state index in [0.29, 0.717) is 5.69 Å². The van der Waals surface area contributed by atoms with E-state index in [2.05, 4.69) is 15.7 Å². The molecule has 0 spiro atoms. The summed E-state index contributed by atoms with van der Waals surface area (Å²) in [6.45, 7) is 0. The normalized spacial score (nSPS) is 16.2. The fourth-order valence-corrected chi connectivity index (χ4v) is 3.78. The molecule has 0 unspecified atom stereocenters. The topological polar surface area (TPSA) is 76.0 Å². The largest absolute Gasteiger partial charge is 0.343 e. The van der Waals surface area contributed by atoms with Crippen molar-refractivity contribution in [3.8, 4) is 10.6 Å². The number of aryl methyl sites for hydroxylation is 1. The summed E-state index contributed by atoms with van der Waals surface area (Å²) < 4.78 is 1.70. The molecule has 0 saturated heterocycles. The minimum absolute atomic E-state index is 0.107. The Morgan fingerprint density at radius 2 is 2.16 bits per heavy atom. The van der Waals surface area contributed by atoms with Gasteiger partial charge in [-0.2, -0.15) is 5.10 Å². The Morgan fingerprint density at radius 1 is 1.32 bits per heavy atom. The van der Waals surface area contributed by atoms with Crippen LogP contribution in [0, 0.1) is 0 Å². The number of amides is 2. The van der Waals surface area contributed by atoms with E-state index in [1.165, 1.54) is 0 Å². The number of carbonyl (C=O) groups excluding carboxylic acids is 2. The maximum Gasteiger partial charge on any atom is 0.272 e. The summed E-state index contributed by atoms with van der Waals surface area (Å²) in [6.07, 6.45) is 0.216. The Labute approximate surface area is 148 Å². The highest BCUT2D eigenvalue weighted by molar-refractivity contribution is 7.13. The third-order valence-electron chi connectivity index (χ3n) is 4.19. The molecule has 7 heteroatoms. The monoisotopic (exact) mass is 352 g/mol. The van der Waals surface area contributed by atoms with Gasteiger partial charge in [-0.25, -0.2) is 0 Å². The molecule has 6 nitrogen and oxygen atoms in total. The number of aromatic nitrogens is 2. The summed E-state index contributed by atoms with van der Waals surface area (Å²) in [5, 5.41) is 12.1. The quantitative estimate of drug-likeness (QED) is 0.761. The van der Waals surface area contributed by atoms with Gasteiger partial charge in [0, 0.05) is 12.7 Å². The van der Waals surface area contributed by atoms with Gasteiger partial charge in [0.2, 0.25) is 5.91 Å². The summed E-state index contributed by atoms with van der Waals surface area (Å²) in [5.74, 6) is -0.391. The van der Waals surface area contributed by atoms with Crippen LogP contribution in [0.2, 0.25) is 0 Å². The lowest BCUT2D eigenvalue weighted by atomic mass is 9.97. The van der Waals surface area contributed by atoms with Crippen molar-refractivity contribution in [2.24, 2.45) is 7.05 Å². The first-order valence-electron chi connectivity index (χ1n) is 7.89. The predicted octanol–water partition coefficient (Wildman–Crippen LogP) is 2.96. The third kappa shape index (κ3) is 2.94. The average molecular weight is 352 g/mol. The molecular weight excluding hydrogens is 336 g/mol. The fraction of sp³-hybridized carbons (Fsp3) is 0.167. The fourth-order valence-electron chi connectivity index (χ4n) is 3.01. The van der Waals surface area contributed by atoms with E-state index in [1.807, 2.05) is 48.8 Å². The van der Waals surface area contributed by atoms with Crippen LogP contribution in [0.25, 0.3) is 10.6 Å². The van der Waals surface area contributed by atoms with Gasteiger partial charge in [-0.05, 0) is 29.1 Å². The van der Waals surface area contributed by atoms with Crippen molar-refractivity contribution in [2.45, 2.75) is 12.5 Å². The molecule has 1 aliphatic heterocycles. The molecule has 3 heterocycles. The van der Waals surface area contributed by atoms with Crippen molar-refractivity contribution in [3.63, 3.8) is 0 Å². The number of anilines is 1. The van der Waals surface area contributed by atoms with Gasteiger partial charge in [0.15, 0.2) is 5.69 Å². The third-order valence-corrected chi connectivity index (χ3v) is 5.08. The number of rotatable bonds is 3. The number of nitrogens with one attached hydrogen (secondary N) is 2. The minimum Gasteiger partial charge on any atom is -0.343 e. The maximum atomic E-state index is 12.6. The van der Waals surface area contributed by atoms with Crippen LogP contribution in [0.3, 0.4) is 0 Å². The highest BCUT2D eigenvalue weighted by Gasteiger charge is 2.27. The number of hydrogen-bond donors (Lipinski definition) is 2. The summed E-state index contributed by atoms with van der Waals surface area (Å²) in [7, 11) is 1.81. The van der Waals surface area contributed by atoms with E-state index >= 15 is 0 Å². The Morgan fingerprint density at radius 3 is 2.96 bits per heavy atom. The van der Waals surface area contributed by atoms with Crippen molar-refractivity contribution in [1.82, 2.24) is 15.1 Å². The minimum atomic E-state index is -0.357.